The second-order valence-electron chi connectivity index (χ2n) is 3.41. The number of hydrogen-bond donors (Lipinski definition) is 1. The maximum atomic E-state index is 9.12. The highest BCUT2D eigenvalue weighted by atomic mass is 16.3. The van der Waals surface area contributed by atoms with E-state index in [9.17, 15) is 0 Å². The summed E-state index contributed by atoms with van der Waals surface area (Å²) in [7, 11) is 0. The number of nitrogens with zero attached hydrogens (tertiary/aromatic N) is 1. The molecule has 0 aliphatic carbocycles. The summed E-state index contributed by atoms with van der Waals surface area (Å²) in [6.45, 7) is 6.93. The van der Waals surface area contributed by atoms with Gasteiger partial charge in [-0.2, -0.15) is 0 Å². The molecule has 68 valence electrons. The van der Waals surface area contributed by atoms with Gasteiger partial charge in [-0.15, -0.1) is 0 Å². The van der Waals surface area contributed by atoms with Crippen LogP contribution in [-0.4, -0.2) is 15.8 Å². The molecule has 0 spiro atoms. The summed E-state index contributed by atoms with van der Waals surface area (Å²) in [5.41, 5.74) is 2.54. The van der Waals surface area contributed by atoms with Crippen LogP contribution in [0.2, 0.25) is 0 Å². The molecule has 0 aliphatic heterocycles. The van der Waals surface area contributed by atoms with Crippen molar-refractivity contribution in [1.29, 1.82) is 0 Å². The Kier molecular flexibility index (Phi) is 2.93. The highest BCUT2D eigenvalue weighted by Crippen LogP contribution is 2.08. The molecule has 0 aliphatic rings. The predicted octanol–water partition coefficient (Wildman–Crippen LogP) is 1.88. The monoisotopic (exact) mass is 167 g/mol. The number of aliphatic hydroxyl groups excluding tert-OH is 1. The lowest BCUT2D eigenvalue weighted by Crippen LogP contribution is -2.08. The van der Waals surface area contributed by atoms with Crippen LogP contribution in [0.5, 0.6) is 0 Å². The lowest BCUT2D eigenvalue weighted by molar-refractivity contribution is 0.177. The van der Waals surface area contributed by atoms with E-state index in [4.69, 9.17) is 5.11 Å². The summed E-state index contributed by atoms with van der Waals surface area (Å²) in [6.07, 6.45) is 0.627. The van der Waals surface area contributed by atoms with Gasteiger partial charge in [0.05, 0.1) is 6.10 Å². The first kappa shape index (κ1) is 9.33. The van der Waals surface area contributed by atoms with Crippen LogP contribution in [0.15, 0.2) is 12.1 Å². The summed E-state index contributed by atoms with van der Waals surface area (Å²) < 4.78 is 2.23. The zero-order chi connectivity index (χ0) is 9.14. The molecular weight excluding hydrogens is 150 g/mol. The lowest BCUT2D eigenvalue weighted by Gasteiger charge is -2.10. The Labute approximate surface area is 73.8 Å². The van der Waals surface area contributed by atoms with E-state index in [0.717, 1.165) is 13.0 Å². The number of hydrogen-bond acceptors (Lipinski definition) is 1. The molecule has 1 aromatic heterocycles. The second-order valence-corrected chi connectivity index (χ2v) is 3.41. The van der Waals surface area contributed by atoms with Crippen molar-refractivity contribution in [3.8, 4) is 0 Å². The molecule has 1 unspecified atom stereocenters. The predicted molar refractivity (Wildman–Crippen MR) is 50.2 cm³/mol. The third-order valence-corrected chi connectivity index (χ3v) is 2.19. The van der Waals surface area contributed by atoms with Gasteiger partial charge < -0.3 is 9.67 Å². The summed E-state index contributed by atoms with van der Waals surface area (Å²) in [5, 5.41) is 9.12. The third kappa shape index (κ3) is 2.11. The van der Waals surface area contributed by atoms with E-state index < -0.39 is 0 Å². The van der Waals surface area contributed by atoms with E-state index in [1.807, 2.05) is 6.92 Å². The normalized spacial score (nSPS) is 13.3. The average molecular weight is 167 g/mol. The zero-order valence-corrected chi connectivity index (χ0v) is 8.04. The molecule has 0 radical (unpaired) electrons. The number of aliphatic hydroxyl groups is 1. The molecule has 0 bridgehead atoms. The maximum Gasteiger partial charge on any atom is 0.0529 e. The molecule has 12 heavy (non-hydrogen) atoms. The molecule has 0 amide bonds. The van der Waals surface area contributed by atoms with Gasteiger partial charge in [-0.25, -0.2) is 0 Å². The standard InChI is InChI=1S/C10H17NO/c1-8-4-5-9(2)11(8)7-6-10(3)12/h4-5,10,12H,6-7H2,1-3H3. The Morgan fingerprint density at radius 3 is 2.25 bits per heavy atom. The Bertz CT molecular complexity index is 231. The quantitative estimate of drug-likeness (QED) is 0.730. The Balaban J connectivity index is 2.62. The van der Waals surface area contributed by atoms with Crippen LogP contribution < -0.4 is 0 Å². The fraction of sp³-hybridized carbons (Fsp3) is 0.600. The molecule has 0 aromatic carbocycles. The van der Waals surface area contributed by atoms with Crippen LogP contribution in [0.4, 0.5) is 0 Å². The molecule has 1 N–H and O–H groups in total. The van der Waals surface area contributed by atoms with Gasteiger partial charge in [0.15, 0.2) is 0 Å². The molecule has 0 saturated heterocycles. The first-order valence-electron chi connectivity index (χ1n) is 4.42. The molecule has 1 aromatic rings. The van der Waals surface area contributed by atoms with Crippen LogP contribution in [0.1, 0.15) is 24.7 Å². The van der Waals surface area contributed by atoms with Crippen molar-refractivity contribution in [2.24, 2.45) is 0 Å². The largest absolute Gasteiger partial charge is 0.393 e. The van der Waals surface area contributed by atoms with Gasteiger partial charge >= 0.3 is 0 Å². The lowest BCUT2D eigenvalue weighted by atomic mass is 10.3. The van der Waals surface area contributed by atoms with Gasteiger partial charge in [0.25, 0.3) is 0 Å². The Morgan fingerprint density at radius 2 is 1.83 bits per heavy atom. The SMILES string of the molecule is Cc1ccc(C)n1CCC(C)O. The van der Waals surface area contributed by atoms with Gasteiger partial charge in [-0.05, 0) is 39.3 Å². The smallest absolute Gasteiger partial charge is 0.0529 e. The van der Waals surface area contributed by atoms with E-state index in [2.05, 4.69) is 30.5 Å². The molecule has 1 atom stereocenters. The maximum absolute atomic E-state index is 9.12. The first-order valence-corrected chi connectivity index (χ1v) is 4.42. The second kappa shape index (κ2) is 3.76. The molecular formula is C10H17NO. The molecule has 2 heteroatoms. The van der Waals surface area contributed by atoms with Crippen molar-refractivity contribution < 1.29 is 5.11 Å². The molecule has 1 rings (SSSR count). The topological polar surface area (TPSA) is 25.2 Å². The Hall–Kier alpha value is -0.760. The Morgan fingerprint density at radius 1 is 1.33 bits per heavy atom. The van der Waals surface area contributed by atoms with E-state index in [1.54, 1.807) is 0 Å². The number of rotatable bonds is 3. The summed E-state index contributed by atoms with van der Waals surface area (Å²) in [6, 6.07) is 4.22. The van der Waals surface area contributed by atoms with E-state index in [1.165, 1.54) is 11.4 Å². The van der Waals surface area contributed by atoms with Gasteiger partial charge in [0.2, 0.25) is 0 Å². The van der Waals surface area contributed by atoms with Crippen molar-refractivity contribution >= 4 is 0 Å². The molecule has 0 saturated carbocycles. The highest BCUT2D eigenvalue weighted by Gasteiger charge is 2.01. The summed E-state index contributed by atoms with van der Waals surface area (Å²) in [4.78, 5) is 0. The van der Waals surface area contributed by atoms with Gasteiger partial charge in [0.1, 0.15) is 0 Å². The van der Waals surface area contributed by atoms with E-state index in [0.29, 0.717) is 0 Å². The number of aryl methyl sites for hydroxylation is 2. The van der Waals surface area contributed by atoms with Gasteiger partial charge in [-0.1, -0.05) is 0 Å². The van der Waals surface area contributed by atoms with Crippen LogP contribution in [0, 0.1) is 13.8 Å². The highest BCUT2D eigenvalue weighted by molar-refractivity contribution is 5.13. The van der Waals surface area contributed by atoms with E-state index >= 15 is 0 Å². The fourth-order valence-corrected chi connectivity index (χ4v) is 1.37. The minimum Gasteiger partial charge on any atom is -0.393 e. The molecule has 2 nitrogen and oxygen atoms in total. The average Bonchev–Trinajstić information content (AvgIpc) is 2.28. The first-order chi connectivity index (χ1) is 5.61. The van der Waals surface area contributed by atoms with Crippen LogP contribution in [0.25, 0.3) is 0 Å². The van der Waals surface area contributed by atoms with Gasteiger partial charge in [-0.3, -0.25) is 0 Å². The van der Waals surface area contributed by atoms with Crippen LogP contribution in [-0.2, 0) is 6.54 Å². The minimum absolute atomic E-state index is 0.203. The summed E-state index contributed by atoms with van der Waals surface area (Å²) >= 11 is 0. The van der Waals surface area contributed by atoms with Crippen molar-refractivity contribution in [3.63, 3.8) is 0 Å². The third-order valence-electron chi connectivity index (χ3n) is 2.19. The zero-order valence-electron chi connectivity index (χ0n) is 8.04. The van der Waals surface area contributed by atoms with Crippen molar-refractivity contribution in [3.05, 3.63) is 23.5 Å². The van der Waals surface area contributed by atoms with Gasteiger partial charge in [0, 0.05) is 17.9 Å². The number of aromatic nitrogens is 1. The summed E-state index contributed by atoms with van der Waals surface area (Å²) in [5.74, 6) is 0. The fourth-order valence-electron chi connectivity index (χ4n) is 1.37. The van der Waals surface area contributed by atoms with Crippen LogP contribution >= 0.6 is 0 Å². The molecule has 1 heterocycles. The van der Waals surface area contributed by atoms with E-state index in [-0.39, 0.29) is 6.10 Å². The van der Waals surface area contributed by atoms with Crippen molar-refractivity contribution in [2.45, 2.75) is 39.8 Å². The molecule has 0 fully saturated rings. The van der Waals surface area contributed by atoms with Crippen LogP contribution in [0.3, 0.4) is 0 Å². The van der Waals surface area contributed by atoms with Crippen molar-refractivity contribution in [2.75, 3.05) is 0 Å². The van der Waals surface area contributed by atoms with Crippen molar-refractivity contribution in [1.82, 2.24) is 4.57 Å². The minimum atomic E-state index is -0.203.